The fourth-order valence-corrected chi connectivity index (χ4v) is 4.48. The summed E-state index contributed by atoms with van der Waals surface area (Å²) >= 11 is 3.74. The van der Waals surface area contributed by atoms with Crippen LogP contribution in [0.4, 0.5) is 10.6 Å². The minimum absolute atomic E-state index is 0.353. The van der Waals surface area contributed by atoms with Gasteiger partial charge in [-0.1, -0.05) is 36.4 Å². The highest BCUT2D eigenvalue weighted by Crippen LogP contribution is 2.40. The maximum Gasteiger partial charge on any atom is 0.408 e. The second-order valence-corrected chi connectivity index (χ2v) is 9.91. The zero-order valence-corrected chi connectivity index (χ0v) is 22.0. The Labute approximate surface area is 218 Å². The quantitative estimate of drug-likeness (QED) is 0.261. The average Bonchev–Trinajstić information content (AvgIpc) is 3.11. The van der Waals surface area contributed by atoms with Gasteiger partial charge in [0.1, 0.15) is 34.9 Å². The maximum absolute atomic E-state index is 12.4. The number of rotatable bonds is 7. The topological polar surface area (TPSA) is 104 Å². The van der Waals surface area contributed by atoms with E-state index in [1.54, 1.807) is 6.08 Å². The zero-order valence-electron chi connectivity index (χ0n) is 20.4. The number of aromatic nitrogens is 3. The molecule has 1 atom stereocenters. The second-order valence-electron chi connectivity index (χ2n) is 9.16. The Kier molecular flexibility index (Phi) is 7.30. The summed E-state index contributed by atoms with van der Waals surface area (Å²) in [6.07, 6.45) is 2.55. The normalized spacial score (nSPS) is 12.2. The Morgan fingerprint density at radius 3 is 2.44 bits per heavy atom. The van der Waals surface area contributed by atoms with Crippen LogP contribution in [0.25, 0.3) is 22.2 Å². The molecule has 2 heterocycles. The molecule has 4 aromatic rings. The van der Waals surface area contributed by atoms with Gasteiger partial charge in [0.05, 0.1) is 16.0 Å². The Balaban J connectivity index is 1.67. The molecule has 0 aliphatic heterocycles. The molecule has 0 radical (unpaired) electrons. The molecule has 0 aliphatic rings. The molecule has 0 unspecified atom stereocenters. The largest absolute Gasteiger partial charge is 0.457 e. The zero-order chi connectivity index (χ0) is 25.9. The highest BCUT2D eigenvalue weighted by Gasteiger charge is 2.24. The summed E-state index contributed by atoms with van der Waals surface area (Å²) in [5.41, 5.74) is 8.07. The van der Waals surface area contributed by atoms with Crippen LogP contribution in [0.5, 0.6) is 11.5 Å². The van der Waals surface area contributed by atoms with Gasteiger partial charge in [-0.25, -0.2) is 14.8 Å². The van der Waals surface area contributed by atoms with E-state index in [-0.39, 0.29) is 0 Å². The van der Waals surface area contributed by atoms with E-state index in [0.717, 1.165) is 21.5 Å². The standard InChI is InChI=1S/C27H28BrN5O3/c1-5-18(32-26(34)36-27(2,3)4)15-33-23(28)21(22-24(29)30-16-31-25(22)33)17-11-13-20(14-12-17)35-19-9-7-6-8-10-19/h5-14,16,18H,1,15H2,2-4H3,(H,32,34)(H2,29,30,31)/t18-/m1/s1. The van der Waals surface area contributed by atoms with Crippen LogP contribution in [0.15, 0.2) is 78.2 Å². The highest BCUT2D eigenvalue weighted by atomic mass is 79.9. The smallest absolute Gasteiger partial charge is 0.408 e. The minimum atomic E-state index is -0.609. The number of amides is 1. The first kappa shape index (κ1) is 25.2. The first-order valence-corrected chi connectivity index (χ1v) is 12.2. The highest BCUT2D eigenvalue weighted by molar-refractivity contribution is 9.10. The summed E-state index contributed by atoms with van der Waals surface area (Å²) in [7, 11) is 0. The molecule has 8 nitrogen and oxygen atoms in total. The van der Waals surface area contributed by atoms with Crippen LogP contribution < -0.4 is 15.8 Å². The number of halogens is 1. The van der Waals surface area contributed by atoms with Crippen LogP contribution in [0.3, 0.4) is 0 Å². The number of nitrogens with two attached hydrogens (primary N) is 1. The number of benzene rings is 2. The van der Waals surface area contributed by atoms with E-state index in [1.165, 1.54) is 6.33 Å². The van der Waals surface area contributed by atoms with Gasteiger partial charge in [-0.2, -0.15) is 0 Å². The number of anilines is 1. The van der Waals surface area contributed by atoms with Crippen LogP contribution in [0.1, 0.15) is 20.8 Å². The lowest BCUT2D eigenvalue weighted by molar-refractivity contribution is 0.0511. The van der Waals surface area contributed by atoms with Gasteiger partial charge in [-0.15, -0.1) is 6.58 Å². The molecule has 2 aromatic heterocycles. The van der Waals surface area contributed by atoms with E-state index in [9.17, 15) is 4.79 Å². The lowest BCUT2D eigenvalue weighted by atomic mass is 10.1. The average molecular weight is 550 g/mol. The maximum atomic E-state index is 12.4. The summed E-state index contributed by atoms with van der Waals surface area (Å²) in [5.74, 6) is 1.82. The first-order valence-electron chi connectivity index (χ1n) is 11.4. The summed E-state index contributed by atoms with van der Waals surface area (Å²) in [6, 6.07) is 16.9. The van der Waals surface area contributed by atoms with Crippen molar-refractivity contribution in [1.82, 2.24) is 19.9 Å². The Morgan fingerprint density at radius 1 is 1.14 bits per heavy atom. The summed E-state index contributed by atoms with van der Waals surface area (Å²) < 4.78 is 14.0. The number of ether oxygens (including phenoxy) is 2. The molecule has 2 aromatic carbocycles. The molecule has 0 saturated heterocycles. The first-order chi connectivity index (χ1) is 17.2. The monoisotopic (exact) mass is 549 g/mol. The predicted octanol–water partition coefficient (Wildman–Crippen LogP) is 6.31. The van der Waals surface area contributed by atoms with Crippen molar-refractivity contribution in [3.8, 4) is 22.6 Å². The number of fused-ring (bicyclic) bond motifs is 1. The molecule has 3 N–H and O–H groups in total. The fourth-order valence-electron chi connectivity index (χ4n) is 3.74. The summed E-state index contributed by atoms with van der Waals surface area (Å²) in [5, 5.41) is 3.56. The van der Waals surface area contributed by atoms with Crippen molar-refractivity contribution < 1.29 is 14.3 Å². The molecule has 4 rings (SSSR count). The lowest BCUT2D eigenvalue weighted by Gasteiger charge is -2.22. The minimum Gasteiger partial charge on any atom is -0.457 e. The van der Waals surface area contributed by atoms with Crippen molar-refractivity contribution >= 4 is 38.9 Å². The Bertz CT molecular complexity index is 1380. The van der Waals surface area contributed by atoms with E-state index >= 15 is 0 Å². The number of alkyl carbamates (subject to hydrolysis) is 1. The van der Waals surface area contributed by atoms with Crippen molar-refractivity contribution in [2.75, 3.05) is 5.73 Å². The summed E-state index contributed by atoms with van der Waals surface area (Å²) in [4.78, 5) is 21.0. The summed E-state index contributed by atoms with van der Waals surface area (Å²) in [6.45, 7) is 9.66. The van der Waals surface area contributed by atoms with E-state index in [2.05, 4.69) is 37.8 Å². The van der Waals surface area contributed by atoms with E-state index < -0.39 is 17.7 Å². The molecule has 36 heavy (non-hydrogen) atoms. The van der Waals surface area contributed by atoms with Crippen molar-refractivity contribution in [3.05, 3.63) is 78.2 Å². The fraction of sp³-hybridized carbons (Fsp3) is 0.222. The predicted molar refractivity (Wildman–Crippen MR) is 145 cm³/mol. The van der Waals surface area contributed by atoms with E-state index in [0.29, 0.717) is 29.1 Å². The molecule has 0 aliphatic carbocycles. The molecule has 0 saturated carbocycles. The van der Waals surface area contributed by atoms with Crippen molar-refractivity contribution in [2.24, 2.45) is 0 Å². The molecule has 0 spiro atoms. The van der Waals surface area contributed by atoms with Crippen LogP contribution in [-0.4, -0.2) is 32.3 Å². The van der Waals surface area contributed by atoms with Gasteiger partial charge in [0.25, 0.3) is 0 Å². The van der Waals surface area contributed by atoms with Crippen LogP contribution in [-0.2, 0) is 11.3 Å². The lowest BCUT2D eigenvalue weighted by Crippen LogP contribution is -2.40. The van der Waals surface area contributed by atoms with Gasteiger partial charge < -0.3 is 25.1 Å². The van der Waals surface area contributed by atoms with Crippen LogP contribution in [0.2, 0.25) is 0 Å². The van der Waals surface area contributed by atoms with Gasteiger partial charge >= 0.3 is 6.09 Å². The van der Waals surface area contributed by atoms with Crippen LogP contribution >= 0.6 is 15.9 Å². The number of nitrogens with zero attached hydrogens (tertiary/aromatic N) is 3. The molecule has 9 heteroatoms. The molecule has 0 fully saturated rings. The van der Waals surface area contributed by atoms with Gasteiger partial charge in [0.2, 0.25) is 0 Å². The Hall–Kier alpha value is -3.85. The van der Waals surface area contributed by atoms with E-state index in [4.69, 9.17) is 15.2 Å². The SMILES string of the molecule is C=C[C@H](Cn1c(Br)c(-c2ccc(Oc3ccccc3)cc2)c2c(N)ncnc21)NC(=O)OC(C)(C)C. The number of carbonyl (C=O) groups excluding carboxylic acids is 1. The third kappa shape index (κ3) is 5.68. The number of hydrogen-bond donors (Lipinski definition) is 2. The third-order valence-electron chi connectivity index (χ3n) is 5.29. The molecule has 0 bridgehead atoms. The second kappa shape index (κ2) is 10.4. The molecular weight excluding hydrogens is 522 g/mol. The van der Waals surface area contributed by atoms with Gasteiger partial charge in [0, 0.05) is 12.1 Å². The number of nitrogen functional groups attached to an aromatic ring is 1. The Morgan fingerprint density at radius 2 is 1.81 bits per heavy atom. The van der Waals surface area contributed by atoms with Gasteiger partial charge in [-0.05, 0) is 66.5 Å². The third-order valence-corrected chi connectivity index (χ3v) is 6.12. The van der Waals surface area contributed by atoms with Crippen molar-refractivity contribution in [1.29, 1.82) is 0 Å². The van der Waals surface area contributed by atoms with Crippen LogP contribution in [0, 0.1) is 0 Å². The number of hydrogen-bond acceptors (Lipinski definition) is 6. The number of carbonyl (C=O) groups is 1. The molecule has 1 amide bonds. The van der Waals surface area contributed by atoms with Crippen molar-refractivity contribution in [2.45, 2.75) is 39.0 Å². The van der Waals surface area contributed by atoms with Gasteiger partial charge in [0.15, 0.2) is 0 Å². The van der Waals surface area contributed by atoms with Crippen molar-refractivity contribution in [3.63, 3.8) is 0 Å². The van der Waals surface area contributed by atoms with E-state index in [1.807, 2.05) is 79.9 Å². The van der Waals surface area contributed by atoms with Gasteiger partial charge in [-0.3, -0.25) is 0 Å². The number of para-hydroxylation sites is 1. The number of nitrogens with one attached hydrogen (secondary N) is 1. The molecular formula is C27H28BrN5O3. The molecule has 186 valence electrons.